The molecule has 1 aliphatic rings. The number of hydrogen-bond donors (Lipinski definition) is 1. The minimum atomic E-state index is 0.440. The summed E-state index contributed by atoms with van der Waals surface area (Å²) in [5.74, 6) is 0. The van der Waals surface area contributed by atoms with Gasteiger partial charge in [-0.1, -0.05) is 13.2 Å². The first kappa shape index (κ1) is 9.90. The first-order chi connectivity index (χ1) is 5.95. The van der Waals surface area contributed by atoms with Crippen molar-refractivity contribution in [1.29, 1.82) is 0 Å². The van der Waals surface area contributed by atoms with Crippen molar-refractivity contribution >= 4 is 0 Å². The minimum Gasteiger partial charge on any atom is -0.381 e. The van der Waals surface area contributed by atoms with Crippen LogP contribution in [0, 0.1) is 0 Å². The van der Waals surface area contributed by atoms with Crippen molar-refractivity contribution in [1.82, 2.24) is 10.2 Å². The van der Waals surface area contributed by atoms with E-state index in [-0.39, 0.29) is 0 Å². The highest BCUT2D eigenvalue weighted by molar-refractivity contribution is 5.65. The summed E-state index contributed by atoms with van der Waals surface area (Å²) in [6, 6.07) is 0.440. The van der Waals surface area contributed by atoms with Gasteiger partial charge in [0.1, 0.15) is 0 Å². The summed E-state index contributed by atoms with van der Waals surface area (Å²) >= 11 is 0. The number of nitrogens with one attached hydrogen (secondary N) is 1. The zero-order chi connectivity index (χ0) is 10.2. The third-order valence-electron chi connectivity index (χ3n) is 2.07. The Balaban J connectivity index is 2.90. The van der Waals surface area contributed by atoms with Gasteiger partial charge in [-0.25, -0.2) is 0 Å². The van der Waals surface area contributed by atoms with Crippen molar-refractivity contribution in [3.63, 3.8) is 0 Å². The van der Waals surface area contributed by atoms with Crippen LogP contribution in [0.5, 0.6) is 0 Å². The maximum Gasteiger partial charge on any atom is 0.0677 e. The Kier molecular flexibility index (Phi) is 2.50. The fourth-order valence-corrected chi connectivity index (χ4v) is 1.46. The molecule has 1 rings (SSSR count). The van der Waals surface area contributed by atoms with E-state index in [2.05, 4.69) is 37.2 Å². The molecule has 0 atom stereocenters. The fraction of sp³-hybridized carbons (Fsp3) is 0.455. The molecule has 0 bridgehead atoms. The lowest BCUT2D eigenvalue weighted by molar-refractivity contribution is 0.490. The van der Waals surface area contributed by atoms with Crippen LogP contribution in [0.3, 0.4) is 0 Å². The first-order valence-electron chi connectivity index (χ1n) is 4.52. The average Bonchev–Trinajstić information content (AvgIpc) is 2.01. The Bertz CT molecular complexity index is 282. The predicted molar refractivity (Wildman–Crippen MR) is 57.3 cm³/mol. The molecule has 0 radical (unpaired) electrons. The van der Waals surface area contributed by atoms with E-state index in [0.717, 1.165) is 16.8 Å². The van der Waals surface area contributed by atoms with Gasteiger partial charge in [-0.15, -0.1) is 0 Å². The average molecular weight is 178 g/mol. The highest BCUT2D eigenvalue weighted by Gasteiger charge is 2.27. The minimum absolute atomic E-state index is 0.440. The molecule has 2 heteroatoms. The molecule has 13 heavy (non-hydrogen) atoms. The van der Waals surface area contributed by atoms with Crippen LogP contribution in [0.1, 0.15) is 13.8 Å². The fourth-order valence-electron chi connectivity index (χ4n) is 1.46. The molecule has 1 N–H and O–H groups in total. The van der Waals surface area contributed by atoms with Crippen LogP contribution in [-0.4, -0.2) is 25.0 Å². The van der Waals surface area contributed by atoms with Crippen molar-refractivity contribution in [2.24, 2.45) is 0 Å². The van der Waals surface area contributed by atoms with E-state index >= 15 is 0 Å². The number of nitrogens with zero attached hydrogens (tertiary/aromatic N) is 1. The molecule has 1 aliphatic carbocycles. The summed E-state index contributed by atoms with van der Waals surface area (Å²) in [4.78, 5) is 2.07. The van der Waals surface area contributed by atoms with Crippen LogP contribution in [0.15, 0.2) is 35.7 Å². The first-order valence-corrected chi connectivity index (χ1v) is 4.52. The van der Waals surface area contributed by atoms with Crippen LogP contribution < -0.4 is 5.32 Å². The molecule has 0 fully saturated rings. The van der Waals surface area contributed by atoms with Crippen molar-refractivity contribution in [3.8, 4) is 0 Å². The molecule has 0 amide bonds. The van der Waals surface area contributed by atoms with Gasteiger partial charge in [0.05, 0.1) is 11.4 Å². The number of rotatable bonds is 3. The topological polar surface area (TPSA) is 15.3 Å². The standard InChI is InChI=1S/C11H18N2/c1-7(2)12-10-8(3)9(4)11(10)13(5)6/h7,12H,3-4H2,1-2,5-6H3. The number of hydrogen-bond acceptors (Lipinski definition) is 2. The molecule has 0 aliphatic heterocycles. The Labute approximate surface area is 80.6 Å². The molecular formula is C11H18N2. The third kappa shape index (κ3) is 1.62. The lowest BCUT2D eigenvalue weighted by Gasteiger charge is -2.35. The molecule has 0 saturated carbocycles. The summed E-state index contributed by atoms with van der Waals surface area (Å²) in [6.07, 6.45) is 0. The molecule has 2 nitrogen and oxygen atoms in total. The van der Waals surface area contributed by atoms with Crippen LogP contribution in [0.4, 0.5) is 0 Å². The van der Waals surface area contributed by atoms with E-state index in [9.17, 15) is 0 Å². The normalized spacial score (nSPS) is 16.4. The zero-order valence-corrected chi connectivity index (χ0v) is 8.94. The summed E-state index contributed by atoms with van der Waals surface area (Å²) < 4.78 is 0. The molecular weight excluding hydrogens is 160 g/mol. The number of allylic oxidation sites excluding steroid dienone is 2. The molecule has 72 valence electrons. The zero-order valence-electron chi connectivity index (χ0n) is 8.94. The van der Waals surface area contributed by atoms with E-state index in [0.29, 0.717) is 6.04 Å². The van der Waals surface area contributed by atoms with Gasteiger partial charge in [0.2, 0.25) is 0 Å². The Morgan fingerprint density at radius 3 is 2.08 bits per heavy atom. The molecule has 0 heterocycles. The third-order valence-corrected chi connectivity index (χ3v) is 2.07. The van der Waals surface area contributed by atoms with Crippen molar-refractivity contribution in [2.45, 2.75) is 19.9 Å². The van der Waals surface area contributed by atoms with Crippen molar-refractivity contribution in [3.05, 3.63) is 35.7 Å². The maximum absolute atomic E-state index is 3.96. The lowest BCUT2D eigenvalue weighted by Crippen LogP contribution is -2.34. The molecule has 0 aromatic rings. The van der Waals surface area contributed by atoms with Crippen LogP contribution in [0.2, 0.25) is 0 Å². The van der Waals surface area contributed by atoms with Crippen LogP contribution >= 0.6 is 0 Å². The smallest absolute Gasteiger partial charge is 0.0677 e. The van der Waals surface area contributed by atoms with E-state index in [1.165, 1.54) is 5.70 Å². The monoisotopic (exact) mass is 178 g/mol. The largest absolute Gasteiger partial charge is 0.381 e. The Morgan fingerprint density at radius 2 is 1.69 bits per heavy atom. The van der Waals surface area contributed by atoms with Crippen LogP contribution in [-0.2, 0) is 0 Å². The lowest BCUT2D eigenvalue weighted by atomic mass is 9.88. The molecule has 0 aromatic heterocycles. The summed E-state index contributed by atoms with van der Waals surface area (Å²) in [6.45, 7) is 12.2. The van der Waals surface area contributed by atoms with E-state index < -0.39 is 0 Å². The SMILES string of the molecule is C=C1C(=C)C(N(C)C)=C1NC(C)C. The second kappa shape index (κ2) is 3.29. The van der Waals surface area contributed by atoms with Gasteiger partial charge in [0, 0.05) is 31.3 Å². The van der Waals surface area contributed by atoms with Gasteiger partial charge in [0.25, 0.3) is 0 Å². The second-order valence-electron chi connectivity index (χ2n) is 3.87. The van der Waals surface area contributed by atoms with Gasteiger partial charge in [-0.3, -0.25) is 0 Å². The predicted octanol–water partition coefficient (Wildman–Crippen LogP) is 1.88. The Hall–Kier alpha value is -1.18. The van der Waals surface area contributed by atoms with Gasteiger partial charge in [0.15, 0.2) is 0 Å². The van der Waals surface area contributed by atoms with E-state index in [1.807, 2.05) is 14.1 Å². The Morgan fingerprint density at radius 1 is 1.15 bits per heavy atom. The van der Waals surface area contributed by atoms with Gasteiger partial charge < -0.3 is 10.2 Å². The van der Waals surface area contributed by atoms with Gasteiger partial charge in [-0.2, -0.15) is 0 Å². The van der Waals surface area contributed by atoms with Gasteiger partial charge >= 0.3 is 0 Å². The van der Waals surface area contributed by atoms with E-state index in [4.69, 9.17) is 0 Å². The second-order valence-corrected chi connectivity index (χ2v) is 3.87. The van der Waals surface area contributed by atoms with Crippen molar-refractivity contribution < 1.29 is 0 Å². The highest BCUT2D eigenvalue weighted by Crippen LogP contribution is 2.36. The van der Waals surface area contributed by atoms with Gasteiger partial charge in [-0.05, 0) is 13.8 Å². The molecule has 0 saturated heterocycles. The highest BCUT2D eigenvalue weighted by atomic mass is 15.1. The molecule has 0 spiro atoms. The molecule has 0 aromatic carbocycles. The van der Waals surface area contributed by atoms with Crippen molar-refractivity contribution in [2.75, 3.05) is 14.1 Å². The van der Waals surface area contributed by atoms with Crippen LogP contribution in [0.25, 0.3) is 0 Å². The number of likely N-dealkylation sites (N-methyl/N-ethyl adjacent to an activating group) is 1. The quantitative estimate of drug-likeness (QED) is 0.710. The summed E-state index contributed by atoms with van der Waals surface area (Å²) in [5, 5.41) is 3.37. The molecule has 0 unspecified atom stereocenters. The summed E-state index contributed by atoms with van der Waals surface area (Å²) in [5.41, 5.74) is 4.41. The summed E-state index contributed by atoms with van der Waals surface area (Å²) in [7, 11) is 4.05. The maximum atomic E-state index is 3.96. The van der Waals surface area contributed by atoms with E-state index in [1.54, 1.807) is 0 Å².